The summed E-state index contributed by atoms with van der Waals surface area (Å²) in [6.07, 6.45) is 8.41. The number of rotatable bonds is 2. The molecule has 0 amide bonds. The normalized spacial score (nSPS) is 17.3. The quantitative estimate of drug-likeness (QED) is 0.455. The highest BCUT2D eigenvalue weighted by Gasteiger charge is 2.40. The van der Waals surface area contributed by atoms with E-state index in [1.54, 1.807) is 18.3 Å². The van der Waals surface area contributed by atoms with Crippen LogP contribution in [0.4, 0.5) is 10.2 Å². The summed E-state index contributed by atoms with van der Waals surface area (Å²) in [5.41, 5.74) is 7.31. The van der Waals surface area contributed by atoms with Gasteiger partial charge in [-0.15, -0.1) is 0 Å². The molecule has 0 unspecified atom stereocenters. The molecule has 2 aliphatic rings. The van der Waals surface area contributed by atoms with E-state index in [2.05, 4.69) is 34.2 Å². The Balaban J connectivity index is 1.31. The van der Waals surface area contributed by atoms with E-state index >= 15 is 0 Å². The van der Waals surface area contributed by atoms with Crippen molar-refractivity contribution in [1.29, 1.82) is 0 Å². The number of anilines is 1. The Kier molecular flexibility index (Phi) is 4.32. The van der Waals surface area contributed by atoms with E-state index in [1.807, 2.05) is 23.6 Å². The van der Waals surface area contributed by atoms with Crippen molar-refractivity contribution in [3.05, 3.63) is 77.1 Å². The molecule has 1 fully saturated rings. The largest absolute Gasteiger partial charge is 0.355 e. The molecular formula is C26H26FN5. The lowest BCUT2D eigenvalue weighted by Crippen LogP contribution is -2.41. The number of aromatic nitrogens is 4. The van der Waals surface area contributed by atoms with Gasteiger partial charge in [0.1, 0.15) is 11.3 Å². The summed E-state index contributed by atoms with van der Waals surface area (Å²) >= 11 is 0. The van der Waals surface area contributed by atoms with Crippen molar-refractivity contribution in [3.63, 3.8) is 0 Å². The van der Waals surface area contributed by atoms with Gasteiger partial charge in [0.25, 0.3) is 0 Å². The standard InChI is InChI=1S/C26H26FN5/c1-17-13-19-14-26(15-20(19)16-28-17)8-11-31(12-9-26)25-23-7-10-29-32(23)24(18(2)30-25)21-5-3-4-6-22(21)27/h3-7,10,13,16H,8-9,11-12,14-15H2,1-2H3. The fourth-order valence-corrected chi connectivity index (χ4v) is 5.65. The topological polar surface area (TPSA) is 46.3 Å². The minimum Gasteiger partial charge on any atom is -0.355 e. The number of pyridine rings is 1. The van der Waals surface area contributed by atoms with Crippen molar-refractivity contribution in [2.24, 2.45) is 5.41 Å². The van der Waals surface area contributed by atoms with Crippen molar-refractivity contribution in [1.82, 2.24) is 19.6 Å². The number of benzene rings is 1. The Morgan fingerprint density at radius 3 is 2.59 bits per heavy atom. The maximum Gasteiger partial charge on any atom is 0.155 e. The first-order valence-electron chi connectivity index (χ1n) is 11.3. The molecule has 4 aromatic rings. The average Bonchev–Trinajstić information content (AvgIpc) is 3.39. The van der Waals surface area contributed by atoms with Gasteiger partial charge in [-0.25, -0.2) is 13.9 Å². The fraction of sp³-hybridized carbons (Fsp3) is 0.346. The highest BCUT2D eigenvalue weighted by atomic mass is 19.1. The van der Waals surface area contributed by atoms with E-state index in [1.165, 1.54) is 17.2 Å². The van der Waals surface area contributed by atoms with E-state index in [9.17, 15) is 4.39 Å². The minimum absolute atomic E-state index is 0.257. The zero-order valence-corrected chi connectivity index (χ0v) is 18.5. The number of hydrogen-bond acceptors (Lipinski definition) is 4. The van der Waals surface area contributed by atoms with Crippen LogP contribution in [-0.4, -0.2) is 32.7 Å². The van der Waals surface area contributed by atoms with Gasteiger partial charge < -0.3 is 4.90 Å². The van der Waals surface area contributed by atoms with Gasteiger partial charge in [-0.05, 0) is 80.3 Å². The van der Waals surface area contributed by atoms with Gasteiger partial charge in [0.05, 0.1) is 17.6 Å². The zero-order valence-electron chi connectivity index (χ0n) is 18.5. The van der Waals surface area contributed by atoms with E-state index in [4.69, 9.17) is 4.98 Å². The molecule has 162 valence electrons. The van der Waals surface area contributed by atoms with E-state index in [0.29, 0.717) is 11.0 Å². The van der Waals surface area contributed by atoms with Crippen LogP contribution in [0.3, 0.4) is 0 Å². The molecule has 0 saturated carbocycles. The highest BCUT2D eigenvalue weighted by Crippen LogP contribution is 2.45. The first kappa shape index (κ1) is 19.4. The van der Waals surface area contributed by atoms with Gasteiger partial charge in [-0.1, -0.05) is 12.1 Å². The van der Waals surface area contributed by atoms with Gasteiger partial charge in [-0.3, -0.25) is 4.98 Å². The first-order chi connectivity index (χ1) is 15.5. The molecule has 6 rings (SSSR count). The second-order valence-electron chi connectivity index (χ2n) is 9.41. The van der Waals surface area contributed by atoms with E-state index < -0.39 is 0 Å². The molecule has 1 spiro atoms. The lowest BCUT2D eigenvalue weighted by molar-refractivity contribution is 0.232. The van der Waals surface area contributed by atoms with Crippen LogP contribution in [-0.2, 0) is 12.8 Å². The summed E-state index contributed by atoms with van der Waals surface area (Å²) in [5, 5.41) is 4.54. The first-order valence-corrected chi connectivity index (χ1v) is 11.3. The summed E-state index contributed by atoms with van der Waals surface area (Å²) in [6.45, 7) is 5.95. The molecular weight excluding hydrogens is 401 g/mol. The Bertz CT molecular complexity index is 1330. The van der Waals surface area contributed by atoms with Crippen molar-refractivity contribution >= 4 is 11.3 Å². The maximum absolute atomic E-state index is 14.6. The van der Waals surface area contributed by atoms with Crippen molar-refractivity contribution in [2.75, 3.05) is 18.0 Å². The van der Waals surface area contributed by atoms with Crippen LogP contribution in [0.5, 0.6) is 0 Å². The molecule has 1 saturated heterocycles. The molecule has 0 bridgehead atoms. The molecule has 32 heavy (non-hydrogen) atoms. The summed E-state index contributed by atoms with van der Waals surface area (Å²) in [6, 6.07) is 11.1. The third kappa shape index (κ3) is 3.00. The molecule has 0 radical (unpaired) electrons. The van der Waals surface area contributed by atoms with E-state index in [-0.39, 0.29) is 5.82 Å². The van der Waals surface area contributed by atoms with Crippen molar-refractivity contribution in [3.8, 4) is 11.3 Å². The number of hydrogen-bond donors (Lipinski definition) is 0. The number of halogens is 1. The van der Waals surface area contributed by atoms with Crippen molar-refractivity contribution < 1.29 is 4.39 Å². The lowest BCUT2D eigenvalue weighted by Gasteiger charge is -2.40. The highest BCUT2D eigenvalue weighted by molar-refractivity contribution is 5.75. The zero-order chi connectivity index (χ0) is 21.9. The number of nitrogens with zero attached hydrogens (tertiary/aromatic N) is 5. The van der Waals surface area contributed by atoms with Crippen LogP contribution in [0.1, 0.15) is 35.4 Å². The van der Waals surface area contributed by atoms with Gasteiger partial charge in [0, 0.05) is 30.5 Å². The number of piperidine rings is 1. The number of aryl methyl sites for hydroxylation is 2. The second kappa shape index (κ2) is 7.12. The average molecular weight is 428 g/mol. The lowest BCUT2D eigenvalue weighted by atomic mass is 9.76. The molecule has 1 aliphatic heterocycles. The van der Waals surface area contributed by atoms with Crippen LogP contribution in [0.2, 0.25) is 0 Å². The maximum atomic E-state index is 14.6. The van der Waals surface area contributed by atoms with E-state index in [0.717, 1.165) is 67.2 Å². The molecule has 0 atom stereocenters. The molecule has 1 aromatic carbocycles. The molecule has 1 aliphatic carbocycles. The molecule has 3 aromatic heterocycles. The Morgan fingerprint density at radius 1 is 1.00 bits per heavy atom. The van der Waals surface area contributed by atoms with Crippen molar-refractivity contribution in [2.45, 2.75) is 39.5 Å². The van der Waals surface area contributed by atoms with Gasteiger partial charge >= 0.3 is 0 Å². The Morgan fingerprint density at radius 2 is 1.78 bits per heavy atom. The monoisotopic (exact) mass is 427 g/mol. The molecule has 0 N–H and O–H groups in total. The Labute approximate surface area is 186 Å². The van der Waals surface area contributed by atoms with Crippen LogP contribution in [0.25, 0.3) is 16.8 Å². The molecule has 6 heteroatoms. The summed E-state index contributed by atoms with van der Waals surface area (Å²) < 4.78 is 16.4. The third-order valence-corrected chi connectivity index (χ3v) is 7.30. The van der Waals surface area contributed by atoms with Crippen LogP contribution < -0.4 is 4.90 Å². The summed E-state index contributed by atoms with van der Waals surface area (Å²) in [7, 11) is 0. The minimum atomic E-state index is -0.257. The smallest absolute Gasteiger partial charge is 0.155 e. The van der Waals surface area contributed by atoms with Gasteiger partial charge in [-0.2, -0.15) is 5.10 Å². The predicted octanol–water partition coefficient (Wildman–Crippen LogP) is 4.93. The summed E-state index contributed by atoms with van der Waals surface area (Å²) in [5.74, 6) is 0.690. The van der Waals surface area contributed by atoms with Gasteiger partial charge in [0.2, 0.25) is 0 Å². The SMILES string of the molecule is Cc1cc2c(cn1)CC1(CCN(c3nc(C)c(-c4ccccc4F)n4nccc34)CC1)C2. The Hall–Kier alpha value is -3.28. The van der Waals surface area contributed by atoms with Crippen LogP contribution in [0, 0.1) is 25.1 Å². The number of fused-ring (bicyclic) bond motifs is 2. The summed E-state index contributed by atoms with van der Waals surface area (Å²) in [4.78, 5) is 11.9. The van der Waals surface area contributed by atoms with Crippen LogP contribution in [0.15, 0.2) is 48.8 Å². The predicted molar refractivity (Wildman–Crippen MR) is 123 cm³/mol. The van der Waals surface area contributed by atoms with Gasteiger partial charge in [0.15, 0.2) is 5.82 Å². The molecule has 4 heterocycles. The van der Waals surface area contributed by atoms with Crippen LogP contribution >= 0.6 is 0 Å². The molecule has 5 nitrogen and oxygen atoms in total. The third-order valence-electron chi connectivity index (χ3n) is 7.30. The second-order valence-corrected chi connectivity index (χ2v) is 9.41. The fourth-order valence-electron chi connectivity index (χ4n) is 5.65.